The Balaban J connectivity index is 2.36. The number of fused-ring (bicyclic) bond motifs is 2. The minimum atomic E-state index is 0.334. The van der Waals surface area contributed by atoms with Gasteiger partial charge < -0.3 is 0 Å². The van der Waals surface area contributed by atoms with Crippen LogP contribution in [0.1, 0.15) is 0 Å². The molecule has 2 aromatic carbocycles. The SMILES string of the molecule is COc1cc2cc3ccccc3[se+]c2cc1OC. The van der Waals surface area contributed by atoms with Gasteiger partial charge in [0.05, 0.1) is 0 Å². The molecular weight excluding hydrogens is 291 g/mol. The third kappa shape index (κ3) is 1.86. The molecule has 0 spiro atoms. The standard InChI is InChI=1S/C15H13O2Se/c1-16-12-8-11-7-10-5-3-4-6-14(10)18-15(11)9-13(12)17-2/h3-9H,1-2H3/q+1. The van der Waals surface area contributed by atoms with Crippen LogP contribution in [0.2, 0.25) is 0 Å². The van der Waals surface area contributed by atoms with Crippen LogP contribution < -0.4 is 9.47 Å². The number of ether oxygens (including phenoxy) is 2. The van der Waals surface area contributed by atoms with Gasteiger partial charge in [0.25, 0.3) is 0 Å². The van der Waals surface area contributed by atoms with E-state index in [1.807, 2.05) is 0 Å². The molecule has 2 nitrogen and oxygen atoms in total. The average molecular weight is 304 g/mol. The van der Waals surface area contributed by atoms with Crippen LogP contribution in [0.5, 0.6) is 11.5 Å². The number of hydrogen-bond acceptors (Lipinski definition) is 2. The molecule has 0 amide bonds. The summed E-state index contributed by atoms with van der Waals surface area (Å²) in [6.45, 7) is 0. The molecule has 3 heteroatoms. The average Bonchev–Trinajstić information content (AvgIpc) is 2.43. The van der Waals surface area contributed by atoms with E-state index in [1.54, 1.807) is 14.2 Å². The van der Waals surface area contributed by atoms with Gasteiger partial charge in [0.1, 0.15) is 0 Å². The van der Waals surface area contributed by atoms with E-state index in [4.69, 9.17) is 9.47 Å². The van der Waals surface area contributed by atoms with Crippen molar-refractivity contribution >= 4 is 33.8 Å². The van der Waals surface area contributed by atoms with Crippen molar-refractivity contribution in [3.8, 4) is 11.5 Å². The van der Waals surface area contributed by atoms with Gasteiger partial charge in [-0.15, -0.1) is 0 Å². The second kappa shape index (κ2) is 4.60. The normalized spacial score (nSPS) is 10.8. The predicted molar refractivity (Wildman–Crippen MR) is 75.9 cm³/mol. The Hall–Kier alpha value is -1.57. The fourth-order valence-corrected chi connectivity index (χ4v) is 4.22. The van der Waals surface area contributed by atoms with Gasteiger partial charge in [-0.3, -0.25) is 0 Å². The first kappa shape index (κ1) is 11.5. The van der Waals surface area contributed by atoms with Crippen molar-refractivity contribution in [2.75, 3.05) is 14.2 Å². The molecule has 1 heterocycles. The van der Waals surface area contributed by atoms with Crippen molar-refractivity contribution in [2.24, 2.45) is 0 Å². The Bertz CT molecular complexity index is 660. The molecule has 1 aromatic heterocycles. The minimum absolute atomic E-state index is 0.334. The molecule has 0 unspecified atom stereocenters. The van der Waals surface area contributed by atoms with Crippen LogP contribution in [-0.4, -0.2) is 28.7 Å². The second-order valence-electron chi connectivity index (χ2n) is 4.03. The third-order valence-electron chi connectivity index (χ3n) is 2.97. The maximum atomic E-state index is 5.36. The number of hydrogen-bond donors (Lipinski definition) is 0. The van der Waals surface area contributed by atoms with E-state index < -0.39 is 0 Å². The maximum absolute atomic E-state index is 5.36. The summed E-state index contributed by atoms with van der Waals surface area (Å²) in [5.74, 6) is 1.61. The summed E-state index contributed by atoms with van der Waals surface area (Å²) in [7, 11) is 3.35. The molecule has 0 saturated carbocycles. The summed E-state index contributed by atoms with van der Waals surface area (Å²) in [5, 5.41) is 2.56. The van der Waals surface area contributed by atoms with Crippen LogP contribution in [0.15, 0.2) is 42.5 Å². The molecule has 0 N–H and O–H groups in total. The Labute approximate surface area is 112 Å². The molecule has 0 atom stereocenters. The first-order valence-electron chi connectivity index (χ1n) is 5.69. The van der Waals surface area contributed by atoms with E-state index in [0.717, 1.165) is 11.5 Å². The monoisotopic (exact) mass is 305 g/mol. The summed E-state index contributed by atoms with van der Waals surface area (Å²) in [5.41, 5.74) is 0. The zero-order valence-corrected chi connectivity index (χ0v) is 12.0. The quantitative estimate of drug-likeness (QED) is 0.534. The molecule has 90 valence electrons. The zero-order valence-electron chi connectivity index (χ0n) is 10.3. The topological polar surface area (TPSA) is 18.5 Å². The van der Waals surface area contributed by atoms with Crippen LogP contribution >= 0.6 is 0 Å². The summed E-state index contributed by atoms with van der Waals surface area (Å²) in [4.78, 5) is 0. The first-order valence-corrected chi connectivity index (χ1v) is 7.41. The van der Waals surface area contributed by atoms with E-state index >= 15 is 0 Å². The second-order valence-corrected chi connectivity index (χ2v) is 6.30. The van der Waals surface area contributed by atoms with Crippen molar-refractivity contribution < 1.29 is 9.47 Å². The van der Waals surface area contributed by atoms with Crippen LogP contribution in [0.3, 0.4) is 0 Å². The van der Waals surface area contributed by atoms with Gasteiger partial charge in [0, 0.05) is 0 Å². The van der Waals surface area contributed by atoms with E-state index in [1.165, 1.54) is 19.3 Å². The molecule has 0 fully saturated rings. The molecule has 18 heavy (non-hydrogen) atoms. The van der Waals surface area contributed by atoms with Gasteiger partial charge in [-0.2, -0.15) is 0 Å². The van der Waals surface area contributed by atoms with Gasteiger partial charge in [-0.05, 0) is 0 Å². The zero-order chi connectivity index (χ0) is 12.5. The number of benzene rings is 2. The van der Waals surface area contributed by atoms with Gasteiger partial charge in [0.2, 0.25) is 0 Å². The Morgan fingerprint density at radius 3 is 2.28 bits per heavy atom. The van der Waals surface area contributed by atoms with Gasteiger partial charge in [-0.1, -0.05) is 0 Å². The molecule has 0 radical (unpaired) electrons. The molecule has 0 aliphatic carbocycles. The molecule has 0 aliphatic rings. The van der Waals surface area contributed by atoms with Crippen molar-refractivity contribution in [3.05, 3.63) is 42.5 Å². The molecule has 3 aromatic rings. The molecule has 0 saturated heterocycles. The van der Waals surface area contributed by atoms with Crippen LogP contribution in [0.25, 0.3) is 19.3 Å². The van der Waals surface area contributed by atoms with Crippen LogP contribution in [-0.2, 0) is 0 Å². The van der Waals surface area contributed by atoms with Crippen LogP contribution in [0, 0.1) is 0 Å². The Morgan fingerprint density at radius 1 is 0.778 bits per heavy atom. The van der Waals surface area contributed by atoms with Crippen LogP contribution in [0.4, 0.5) is 0 Å². The molecule has 0 bridgehead atoms. The predicted octanol–water partition coefficient (Wildman–Crippen LogP) is 3.35. The summed E-state index contributed by atoms with van der Waals surface area (Å²) in [6, 6.07) is 14.9. The number of rotatable bonds is 2. The molecule has 0 aliphatic heterocycles. The fraction of sp³-hybridized carbons (Fsp3) is 0.133. The van der Waals surface area contributed by atoms with Gasteiger partial charge in [-0.25, -0.2) is 0 Å². The van der Waals surface area contributed by atoms with Crippen molar-refractivity contribution in [1.29, 1.82) is 0 Å². The fourth-order valence-electron chi connectivity index (χ4n) is 2.06. The van der Waals surface area contributed by atoms with E-state index in [0.29, 0.717) is 14.5 Å². The van der Waals surface area contributed by atoms with E-state index in [2.05, 4.69) is 42.5 Å². The van der Waals surface area contributed by atoms with Gasteiger partial charge >= 0.3 is 111 Å². The third-order valence-corrected chi connectivity index (χ3v) is 5.41. The molecular formula is C15H13O2Se+. The van der Waals surface area contributed by atoms with Crippen molar-refractivity contribution in [1.82, 2.24) is 0 Å². The van der Waals surface area contributed by atoms with Gasteiger partial charge in [0.15, 0.2) is 0 Å². The van der Waals surface area contributed by atoms with Crippen molar-refractivity contribution in [3.63, 3.8) is 0 Å². The van der Waals surface area contributed by atoms with Crippen molar-refractivity contribution in [2.45, 2.75) is 0 Å². The molecule has 3 rings (SSSR count). The summed E-state index contributed by atoms with van der Waals surface area (Å²) >= 11 is 0.334. The van der Waals surface area contributed by atoms with E-state index in [-0.39, 0.29) is 0 Å². The number of methoxy groups -OCH3 is 2. The Morgan fingerprint density at radius 2 is 1.50 bits per heavy atom. The summed E-state index contributed by atoms with van der Waals surface area (Å²) in [6.07, 6.45) is 0. The van der Waals surface area contributed by atoms with E-state index in [9.17, 15) is 0 Å². The summed E-state index contributed by atoms with van der Waals surface area (Å²) < 4.78 is 13.5. The first-order chi connectivity index (χ1) is 8.81. The Kier molecular flexibility index (Phi) is 2.94.